The van der Waals surface area contributed by atoms with E-state index in [4.69, 9.17) is 0 Å². The molecule has 0 N–H and O–H groups in total. The highest BCUT2D eigenvalue weighted by Gasteiger charge is 2.14. The summed E-state index contributed by atoms with van der Waals surface area (Å²) in [4.78, 5) is 0. The quantitative estimate of drug-likeness (QED) is 0.505. The number of hydrogen-bond acceptors (Lipinski definition) is 0. The van der Waals surface area contributed by atoms with E-state index in [2.05, 4.69) is 0 Å². The molecule has 1 aliphatic carbocycles. The molecule has 2 heteroatoms. The summed E-state index contributed by atoms with van der Waals surface area (Å²) in [5.41, 5.74) is 1.77. The minimum atomic E-state index is -0.494. The molecule has 0 saturated heterocycles. The lowest BCUT2D eigenvalue weighted by atomic mass is 10.0. The first-order chi connectivity index (χ1) is 6.77. The van der Waals surface area contributed by atoms with Gasteiger partial charge in [-0.1, -0.05) is 24.3 Å². The zero-order chi connectivity index (χ0) is 9.71. The zero-order valence-corrected chi connectivity index (χ0v) is 7.22. The van der Waals surface area contributed by atoms with Crippen LogP contribution in [0.5, 0.6) is 0 Å². The molecule has 0 aromatic heterocycles. The van der Waals surface area contributed by atoms with E-state index in [-0.39, 0.29) is 5.39 Å². The first-order valence-corrected chi connectivity index (χ1v) is 4.36. The lowest BCUT2D eigenvalue weighted by molar-refractivity contribution is 0.608. The van der Waals surface area contributed by atoms with Crippen LogP contribution in [-0.4, -0.2) is 0 Å². The van der Waals surface area contributed by atoms with Crippen LogP contribution < -0.4 is 0 Å². The van der Waals surface area contributed by atoms with Crippen molar-refractivity contribution in [2.45, 2.75) is 0 Å². The molecular formula is C12H6F2. The van der Waals surface area contributed by atoms with Gasteiger partial charge >= 0.3 is 0 Å². The standard InChI is InChI=1S/C12H6F2/c13-9-5-3-7-1-2-8-4-6-10(14)12(9)11(7)8/h1-6H. The molecule has 3 rings (SSSR count). The molecule has 0 heterocycles. The molecule has 1 aliphatic rings. The van der Waals surface area contributed by atoms with E-state index in [0.717, 1.165) is 11.1 Å². The molecule has 0 radical (unpaired) electrons. The van der Waals surface area contributed by atoms with Crippen molar-refractivity contribution < 1.29 is 8.78 Å². The minimum Gasteiger partial charge on any atom is -0.206 e. The third-order valence-electron chi connectivity index (χ3n) is 2.57. The molecule has 0 fully saturated rings. The van der Waals surface area contributed by atoms with Crippen LogP contribution >= 0.6 is 0 Å². The summed E-state index contributed by atoms with van der Waals surface area (Å²) in [7, 11) is 0. The highest BCUT2D eigenvalue weighted by molar-refractivity contribution is 6.05. The van der Waals surface area contributed by atoms with Crippen molar-refractivity contribution in [3.05, 3.63) is 47.0 Å². The molecule has 0 saturated carbocycles. The van der Waals surface area contributed by atoms with E-state index >= 15 is 0 Å². The molecule has 2 aromatic rings. The molecule has 0 unspecified atom stereocenters. The SMILES string of the molecule is Fc1ccc2c3c(ccc(F)c13)C=C2. The van der Waals surface area contributed by atoms with Gasteiger partial charge < -0.3 is 0 Å². The Morgan fingerprint density at radius 2 is 1.14 bits per heavy atom. The smallest absolute Gasteiger partial charge is 0.134 e. The fourth-order valence-corrected chi connectivity index (χ4v) is 1.92. The zero-order valence-electron chi connectivity index (χ0n) is 7.22. The lowest BCUT2D eigenvalue weighted by Gasteiger charge is -2.03. The van der Waals surface area contributed by atoms with Crippen molar-refractivity contribution in [3.63, 3.8) is 0 Å². The normalized spacial score (nSPS) is 12.7. The van der Waals surface area contributed by atoms with Crippen molar-refractivity contribution in [2.24, 2.45) is 0 Å². The van der Waals surface area contributed by atoms with Crippen LogP contribution in [0.1, 0.15) is 11.1 Å². The summed E-state index contributed by atoms with van der Waals surface area (Å²) in [5, 5.41) is 0.787. The molecular weight excluding hydrogens is 182 g/mol. The van der Waals surface area contributed by atoms with Gasteiger partial charge in [0.25, 0.3) is 0 Å². The van der Waals surface area contributed by atoms with E-state index in [1.54, 1.807) is 12.1 Å². The number of halogens is 2. The maximum absolute atomic E-state index is 13.4. The summed E-state index contributed by atoms with van der Waals surface area (Å²) in [5.74, 6) is -0.987. The number of rotatable bonds is 0. The third kappa shape index (κ3) is 0.803. The first kappa shape index (κ1) is 7.68. The van der Waals surface area contributed by atoms with Gasteiger partial charge in [-0.3, -0.25) is 0 Å². The van der Waals surface area contributed by atoms with E-state index in [1.165, 1.54) is 12.1 Å². The summed E-state index contributed by atoms with van der Waals surface area (Å²) in [6.07, 6.45) is 3.74. The molecule has 0 bridgehead atoms. The average Bonchev–Trinajstić information content (AvgIpc) is 2.58. The summed E-state index contributed by atoms with van der Waals surface area (Å²) in [6, 6.07) is 5.95. The average molecular weight is 188 g/mol. The van der Waals surface area contributed by atoms with Gasteiger partial charge in [-0.15, -0.1) is 0 Å². The predicted octanol–water partition coefficient (Wildman–Crippen LogP) is 3.60. The Morgan fingerprint density at radius 3 is 1.64 bits per heavy atom. The van der Waals surface area contributed by atoms with Crippen LogP contribution in [0.3, 0.4) is 0 Å². The molecule has 68 valence electrons. The van der Waals surface area contributed by atoms with Gasteiger partial charge in [0.05, 0.1) is 5.39 Å². The van der Waals surface area contributed by atoms with Gasteiger partial charge in [-0.25, -0.2) is 8.78 Å². The summed E-state index contributed by atoms with van der Waals surface area (Å²) in [6.45, 7) is 0. The molecule has 0 nitrogen and oxygen atoms in total. The Hall–Kier alpha value is -1.70. The van der Waals surface area contributed by atoms with E-state index in [1.807, 2.05) is 12.2 Å². The van der Waals surface area contributed by atoms with E-state index in [9.17, 15) is 8.78 Å². The fraction of sp³-hybridized carbons (Fsp3) is 0. The number of hydrogen-bond donors (Lipinski definition) is 0. The van der Waals surface area contributed by atoms with Crippen molar-refractivity contribution in [3.8, 4) is 0 Å². The molecule has 14 heavy (non-hydrogen) atoms. The Bertz CT molecular complexity index is 521. The largest absolute Gasteiger partial charge is 0.206 e. The molecule has 0 atom stereocenters. The third-order valence-corrected chi connectivity index (χ3v) is 2.57. The van der Waals surface area contributed by atoms with E-state index in [0.29, 0.717) is 5.39 Å². The second-order valence-corrected chi connectivity index (χ2v) is 3.36. The van der Waals surface area contributed by atoms with Crippen molar-refractivity contribution in [1.29, 1.82) is 0 Å². The van der Waals surface area contributed by atoms with E-state index < -0.39 is 11.6 Å². The molecule has 0 aliphatic heterocycles. The van der Waals surface area contributed by atoms with Gasteiger partial charge in [-0.2, -0.15) is 0 Å². The Balaban J connectivity index is 2.64. The predicted molar refractivity (Wildman–Crippen MR) is 52.8 cm³/mol. The molecule has 0 amide bonds. The summed E-state index contributed by atoms with van der Waals surface area (Å²) < 4.78 is 26.7. The van der Waals surface area contributed by atoms with Crippen LogP contribution in [0, 0.1) is 11.6 Å². The van der Waals surface area contributed by atoms with Gasteiger partial charge in [0.2, 0.25) is 0 Å². The monoisotopic (exact) mass is 188 g/mol. The fourth-order valence-electron chi connectivity index (χ4n) is 1.92. The topological polar surface area (TPSA) is 0 Å². The lowest BCUT2D eigenvalue weighted by Crippen LogP contribution is -1.87. The van der Waals surface area contributed by atoms with Crippen LogP contribution in [0.15, 0.2) is 24.3 Å². The Morgan fingerprint density at radius 1 is 0.643 bits per heavy atom. The highest BCUT2D eigenvalue weighted by Crippen LogP contribution is 2.33. The Labute approximate surface area is 79.5 Å². The minimum absolute atomic E-state index is 0.102. The maximum atomic E-state index is 13.4. The molecule has 0 spiro atoms. The van der Waals surface area contributed by atoms with Crippen LogP contribution in [0.2, 0.25) is 0 Å². The van der Waals surface area contributed by atoms with Crippen molar-refractivity contribution in [2.75, 3.05) is 0 Å². The second kappa shape index (κ2) is 2.41. The van der Waals surface area contributed by atoms with Crippen LogP contribution in [0.25, 0.3) is 22.9 Å². The van der Waals surface area contributed by atoms with Crippen LogP contribution in [0.4, 0.5) is 8.78 Å². The number of benzene rings is 2. The molecule has 2 aromatic carbocycles. The summed E-state index contributed by atoms with van der Waals surface area (Å²) >= 11 is 0. The second-order valence-electron chi connectivity index (χ2n) is 3.36. The van der Waals surface area contributed by atoms with Gasteiger partial charge in [0, 0.05) is 5.39 Å². The highest BCUT2D eigenvalue weighted by atomic mass is 19.1. The van der Waals surface area contributed by atoms with Crippen LogP contribution in [-0.2, 0) is 0 Å². The van der Waals surface area contributed by atoms with Gasteiger partial charge in [0.1, 0.15) is 11.6 Å². The Kier molecular flexibility index (Phi) is 1.32. The van der Waals surface area contributed by atoms with Crippen molar-refractivity contribution in [1.82, 2.24) is 0 Å². The van der Waals surface area contributed by atoms with Crippen molar-refractivity contribution >= 4 is 22.9 Å². The first-order valence-electron chi connectivity index (χ1n) is 4.36. The van der Waals surface area contributed by atoms with Gasteiger partial charge in [0.15, 0.2) is 0 Å². The van der Waals surface area contributed by atoms with Gasteiger partial charge in [-0.05, 0) is 23.3 Å². The maximum Gasteiger partial charge on any atom is 0.134 e.